The summed E-state index contributed by atoms with van der Waals surface area (Å²) in [4.78, 5) is 26.6. The summed E-state index contributed by atoms with van der Waals surface area (Å²) < 4.78 is 0. The fourth-order valence-corrected chi connectivity index (χ4v) is 3.38. The van der Waals surface area contributed by atoms with Crippen LogP contribution in [0.1, 0.15) is 28.8 Å². The molecule has 5 nitrogen and oxygen atoms in total. The van der Waals surface area contributed by atoms with Crippen LogP contribution in [0.4, 0.5) is 5.69 Å². The van der Waals surface area contributed by atoms with Crippen molar-refractivity contribution in [2.24, 2.45) is 0 Å². The summed E-state index contributed by atoms with van der Waals surface area (Å²) in [7, 11) is 1.92. The van der Waals surface area contributed by atoms with Gasteiger partial charge in [-0.25, -0.2) is 0 Å². The molecular formula is C24H25N3O2. The van der Waals surface area contributed by atoms with E-state index in [2.05, 4.69) is 41.0 Å². The molecule has 0 atom stereocenters. The third-order valence-electron chi connectivity index (χ3n) is 5.00. The Balaban J connectivity index is 1.33. The summed E-state index contributed by atoms with van der Waals surface area (Å²) in [5, 5.41) is 8.26. The SMILES string of the molecule is CN(CC(=O)Nc1cccc(C(=O)NC2CC2)c1)Cc1ccc2ccccc2c1. The molecule has 29 heavy (non-hydrogen) atoms. The Morgan fingerprint density at radius 3 is 2.55 bits per heavy atom. The smallest absolute Gasteiger partial charge is 0.251 e. The first-order valence-electron chi connectivity index (χ1n) is 9.94. The number of hydrogen-bond acceptors (Lipinski definition) is 3. The summed E-state index contributed by atoms with van der Waals surface area (Å²) in [5.74, 6) is -0.190. The molecule has 2 N–H and O–H groups in total. The van der Waals surface area contributed by atoms with Crippen molar-refractivity contribution in [2.45, 2.75) is 25.4 Å². The molecule has 0 saturated heterocycles. The molecule has 0 radical (unpaired) electrons. The van der Waals surface area contributed by atoms with Gasteiger partial charge >= 0.3 is 0 Å². The van der Waals surface area contributed by atoms with Crippen LogP contribution in [-0.2, 0) is 11.3 Å². The minimum absolute atomic E-state index is 0.0861. The van der Waals surface area contributed by atoms with Gasteiger partial charge in [0.15, 0.2) is 0 Å². The number of amides is 2. The van der Waals surface area contributed by atoms with Gasteiger partial charge in [0.2, 0.25) is 5.91 Å². The van der Waals surface area contributed by atoms with Crippen LogP contribution in [0.3, 0.4) is 0 Å². The van der Waals surface area contributed by atoms with Crippen LogP contribution < -0.4 is 10.6 Å². The molecule has 1 aliphatic rings. The molecule has 1 aliphatic carbocycles. The van der Waals surface area contributed by atoms with Crippen molar-refractivity contribution in [3.63, 3.8) is 0 Å². The number of nitrogens with zero attached hydrogens (tertiary/aromatic N) is 1. The van der Waals surface area contributed by atoms with E-state index in [-0.39, 0.29) is 18.4 Å². The maximum Gasteiger partial charge on any atom is 0.251 e. The molecule has 1 saturated carbocycles. The zero-order chi connectivity index (χ0) is 20.2. The molecule has 148 valence electrons. The first kappa shape index (κ1) is 19.2. The van der Waals surface area contributed by atoms with Gasteiger partial charge < -0.3 is 10.6 Å². The predicted molar refractivity (Wildman–Crippen MR) is 116 cm³/mol. The van der Waals surface area contributed by atoms with Gasteiger partial charge in [-0.15, -0.1) is 0 Å². The van der Waals surface area contributed by atoms with E-state index in [1.165, 1.54) is 10.8 Å². The lowest BCUT2D eigenvalue weighted by molar-refractivity contribution is -0.117. The van der Waals surface area contributed by atoms with E-state index >= 15 is 0 Å². The van der Waals surface area contributed by atoms with Crippen LogP contribution in [0, 0.1) is 0 Å². The predicted octanol–water partition coefficient (Wildman–Crippen LogP) is 3.80. The van der Waals surface area contributed by atoms with Crippen molar-refractivity contribution < 1.29 is 9.59 Å². The molecule has 2 amide bonds. The van der Waals surface area contributed by atoms with Gasteiger partial charge in [-0.3, -0.25) is 14.5 Å². The van der Waals surface area contributed by atoms with Crippen molar-refractivity contribution in [2.75, 3.05) is 18.9 Å². The number of anilines is 1. The van der Waals surface area contributed by atoms with Gasteiger partial charge in [0.05, 0.1) is 6.54 Å². The highest BCUT2D eigenvalue weighted by Crippen LogP contribution is 2.20. The zero-order valence-corrected chi connectivity index (χ0v) is 16.5. The van der Waals surface area contributed by atoms with Crippen LogP contribution in [0.5, 0.6) is 0 Å². The Hall–Kier alpha value is -3.18. The minimum Gasteiger partial charge on any atom is -0.349 e. The highest BCUT2D eigenvalue weighted by atomic mass is 16.2. The molecule has 1 fully saturated rings. The molecule has 3 aromatic rings. The quantitative estimate of drug-likeness (QED) is 0.648. The second-order valence-electron chi connectivity index (χ2n) is 7.73. The molecule has 0 aliphatic heterocycles. The number of nitrogens with one attached hydrogen (secondary N) is 2. The van der Waals surface area contributed by atoms with E-state index in [4.69, 9.17) is 0 Å². The maximum absolute atomic E-state index is 12.4. The Morgan fingerprint density at radius 1 is 0.966 bits per heavy atom. The first-order valence-corrected chi connectivity index (χ1v) is 9.94. The summed E-state index contributed by atoms with van der Waals surface area (Å²) >= 11 is 0. The Morgan fingerprint density at radius 2 is 1.76 bits per heavy atom. The molecule has 5 heteroatoms. The molecule has 4 rings (SSSR count). The highest BCUT2D eigenvalue weighted by Gasteiger charge is 2.23. The Labute approximate surface area is 170 Å². The topological polar surface area (TPSA) is 61.4 Å². The van der Waals surface area contributed by atoms with E-state index in [1.807, 2.05) is 24.1 Å². The van der Waals surface area contributed by atoms with Gasteiger partial charge in [-0.1, -0.05) is 42.5 Å². The van der Waals surface area contributed by atoms with Crippen LogP contribution in [0.15, 0.2) is 66.7 Å². The van der Waals surface area contributed by atoms with Crippen LogP contribution in [0.25, 0.3) is 10.8 Å². The van der Waals surface area contributed by atoms with Crippen molar-refractivity contribution in [3.8, 4) is 0 Å². The van der Waals surface area contributed by atoms with Crippen LogP contribution >= 0.6 is 0 Å². The molecule has 0 aromatic heterocycles. The third-order valence-corrected chi connectivity index (χ3v) is 5.00. The van der Waals surface area contributed by atoms with Gasteiger partial charge in [0.1, 0.15) is 0 Å². The normalized spacial score (nSPS) is 13.4. The lowest BCUT2D eigenvalue weighted by Gasteiger charge is -2.17. The van der Waals surface area contributed by atoms with E-state index in [0.717, 1.165) is 18.4 Å². The molecule has 0 spiro atoms. The van der Waals surface area contributed by atoms with Crippen LogP contribution in [0.2, 0.25) is 0 Å². The molecule has 3 aromatic carbocycles. The molecular weight excluding hydrogens is 362 g/mol. The standard InChI is InChI=1S/C24H25N3O2/c1-27(15-17-9-10-18-5-2-3-6-19(18)13-17)16-23(28)25-22-8-4-7-20(14-22)24(29)26-21-11-12-21/h2-10,13-14,21H,11-12,15-16H2,1H3,(H,25,28)(H,26,29). The van der Waals surface area contributed by atoms with Gasteiger partial charge in [0, 0.05) is 23.8 Å². The number of rotatable bonds is 7. The second kappa shape index (κ2) is 8.45. The van der Waals surface area contributed by atoms with Crippen molar-refractivity contribution >= 4 is 28.3 Å². The summed E-state index contributed by atoms with van der Waals surface area (Å²) in [5.41, 5.74) is 2.37. The van der Waals surface area contributed by atoms with Crippen molar-refractivity contribution in [3.05, 3.63) is 77.9 Å². The summed E-state index contributed by atoms with van der Waals surface area (Å²) in [6, 6.07) is 22.0. The van der Waals surface area contributed by atoms with Crippen molar-refractivity contribution in [1.29, 1.82) is 0 Å². The average Bonchev–Trinajstić information content (AvgIpc) is 3.52. The number of carbonyl (C=O) groups is 2. The van der Waals surface area contributed by atoms with Crippen molar-refractivity contribution in [1.82, 2.24) is 10.2 Å². The first-order chi connectivity index (χ1) is 14.1. The number of hydrogen-bond donors (Lipinski definition) is 2. The zero-order valence-electron chi connectivity index (χ0n) is 16.5. The van der Waals surface area contributed by atoms with E-state index in [1.54, 1.807) is 24.3 Å². The van der Waals surface area contributed by atoms with Gasteiger partial charge in [-0.05, 0) is 60.5 Å². The molecule has 0 unspecified atom stereocenters. The van der Waals surface area contributed by atoms with Crippen LogP contribution in [-0.4, -0.2) is 36.3 Å². The fraction of sp³-hybridized carbons (Fsp3) is 0.250. The van der Waals surface area contributed by atoms with E-state index in [9.17, 15) is 9.59 Å². The largest absolute Gasteiger partial charge is 0.349 e. The number of benzene rings is 3. The number of carbonyl (C=O) groups excluding carboxylic acids is 2. The van der Waals surface area contributed by atoms with Gasteiger partial charge in [0.25, 0.3) is 5.91 Å². The monoisotopic (exact) mass is 387 g/mol. The second-order valence-corrected chi connectivity index (χ2v) is 7.73. The van der Waals surface area contributed by atoms with E-state index < -0.39 is 0 Å². The van der Waals surface area contributed by atoms with Gasteiger partial charge in [-0.2, -0.15) is 0 Å². The minimum atomic E-state index is -0.104. The lowest BCUT2D eigenvalue weighted by Crippen LogP contribution is -2.30. The number of fused-ring (bicyclic) bond motifs is 1. The fourth-order valence-electron chi connectivity index (χ4n) is 3.38. The average molecular weight is 387 g/mol. The Bertz CT molecular complexity index is 1040. The van der Waals surface area contributed by atoms with E-state index in [0.29, 0.717) is 23.8 Å². The lowest BCUT2D eigenvalue weighted by atomic mass is 10.1. The molecule has 0 bridgehead atoms. The highest BCUT2D eigenvalue weighted by molar-refractivity contribution is 5.97. The number of likely N-dealkylation sites (N-methyl/N-ethyl adjacent to an activating group) is 1. The maximum atomic E-state index is 12.4. The third kappa shape index (κ3) is 5.21. The summed E-state index contributed by atoms with van der Waals surface area (Å²) in [6.07, 6.45) is 2.09. The molecule has 0 heterocycles. The summed E-state index contributed by atoms with van der Waals surface area (Å²) in [6.45, 7) is 0.952. The Kier molecular flexibility index (Phi) is 5.58.